The van der Waals surface area contributed by atoms with Gasteiger partial charge in [-0.3, -0.25) is 4.79 Å². The first-order valence-corrected chi connectivity index (χ1v) is 13.5. The number of nitrogens with zero attached hydrogens (tertiary/aromatic N) is 4. The molecule has 0 atom stereocenters. The average Bonchev–Trinajstić information content (AvgIpc) is 3.40. The van der Waals surface area contributed by atoms with Crippen LogP contribution in [0.4, 0.5) is 11.8 Å². The Balaban J connectivity index is 1.56. The number of aryl methyl sites for hydroxylation is 1. The van der Waals surface area contributed by atoms with Gasteiger partial charge in [0.1, 0.15) is 5.82 Å². The maximum absolute atomic E-state index is 13.1. The topological polar surface area (TPSA) is 117 Å². The van der Waals surface area contributed by atoms with Crippen molar-refractivity contribution in [3.8, 4) is 22.6 Å². The summed E-state index contributed by atoms with van der Waals surface area (Å²) >= 11 is 0. The Morgan fingerprint density at radius 1 is 0.902 bits per heavy atom. The number of benzene rings is 3. The molecule has 0 saturated carbocycles. The summed E-state index contributed by atoms with van der Waals surface area (Å²) in [7, 11) is 0. The Morgan fingerprint density at radius 2 is 1.61 bits per heavy atom. The maximum Gasteiger partial charge on any atom is 0.460 e. The zero-order chi connectivity index (χ0) is 28.8. The van der Waals surface area contributed by atoms with Crippen LogP contribution in [0.1, 0.15) is 30.5 Å². The smallest absolute Gasteiger partial charge is 0.336 e. The van der Waals surface area contributed by atoms with Crippen molar-refractivity contribution < 1.29 is 9.32 Å². The molecule has 0 aliphatic carbocycles. The molecule has 0 spiro atoms. The van der Waals surface area contributed by atoms with Gasteiger partial charge in [0.05, 0.1) is 12.1 Å². The minimum absolute atomic E-state index is 0.183. The van der Waals surface area contributed by atoms with E-state index in [9.17, 15) is 9.59 Å². The molecular formula is C32H32N6O3. The summed E-state index contributed by atoms with van der Waals surface area (Å²) in [6.07, 6.45) is 0.214. The molecular weight excluding hydrogens is 516 g/mol. The predicted molar refractivity (Wildman–Crippen MR) is 159 cm³/mol. The highest BCUT2D eigenvalue weighted by Crippen LogP contribution is 2.31. The molecule has 0 unspecified atom stereocenters. The molecule has 2 heterocycles. The fourth-order valence-corrected chi connectivity index (χ4v) is 4.57. The van der Waals surface area contributed by atoms with Crippen molar-refractivity contribution in [2.45, 2.75) is 33.7 Å². The standard InChI is InChI=1S/C32H32N6O3/c1-21(2)19-38(20-24-9-5-4-6-10-24)31-33-27(25-11-7-8-12-26(25)30-36-32(40)41-37-30)18-28(35-31)34-29(39)17-23-15-13-22(3)14-16-23/h4-16,18,21H,17,19-20H2,1-3H3,(H,36,37,40)(H,33,34,35,39). The van der Waals surface area contributed by atoms with Crippen LogP contribution in [0, 0.1) is 12.8 Å². The van der Waals surface area contributed by atoms with Crippen LogP contribution >= 0.6 is 0 Å². The molecule has 3 aromatic carbocycles. The first-order chi connectivity index (χ1) is 19.8. The summed E-state index contributed by atoms with van der Waals surface area (Å²) < 4.78 is 4.83. The van der Waals surface area contributed by atoms with Crippen LogP contribution in [-0.2, 0) is 17.8 Å². The maximum atomic E-state index is 13.1. The van der Waals surface area contributed by atoms with Gasteiger partial charge in [-0.1, -0.05) is 98.3 Å². The highest BCUT2D eigenvalue weighted by molar-refractivity contribution is 5.92. The number of carbonyl (C=O) groups excluding carboxylic acids is 1. The van der Waals surface area contributed by atoms with Crippen LogP contribution in [0.3, 0.4) is 0 Å². The highest BCUT2D eigenvalue weighted by Gasteiger charge is 2.19. The molecule has 208 valence electrons. The van der Waals surface area contributed by atoms with Gasteiger partial charge in [0.25, 0.3) is 0 Å². The third kappa shape index (κ3) is 7.13. The summed E-state index contributed by atoms with van der Waals surface area (Å²) in [5, 5.41) is 5.57. The highest BCUT2D eigenvalue weighted by atomic mass is 16.5. The molecule has 2 aromatic heterocycles. The van der Waals surface area contributed by atoms with Gasteiger partial charge in [-0.2, -0.15) is 15.1 Å². The Labute approximate surface area is 238 Å². The molecule has 2 N–H and O–H groups in total. The predicted octanol–water partition coefficient (Wildman–Crippen LogP) is 5.64. The van der Waals surface area contributed by atoms with Crippen molar-refractivity contribution >= 4 is 17.7 Å². The minimum Gasteiger partial charge on any atom is -0.336 e. The molecule has 9 heteroatoms. The van der Waals surface area contributed by atoms with E-state index in [-0.39, 0.29) is 12.3 Å². The summed E-state index contributed by atoms with van der Waals surface area (Å²) in [5.74, 6) is 0.587. The molecule has 0 aliphatic heterocycles. The van der Waals surface area contributed by atoms with Crippen molar-refractivity contribution in [1.82, 2.24) is 20.1 Å². The lowest BCUT2D eigenvalue weighted by molar-refractivity contribution is -0.115. The first-order valence-electron chi connectivity index (χ1n) is 13.5. The number of aromatic nitrogens is 4. The van der Waals surface area contributed by atoms with E-state index in [0.29, 0.717) is 53.4 Å². The van der Waals surface area contributed by atoms with E-state index >= 15 is 0 Å². The van der Waals surface area contributed by atoms with E-state index < -0.39 is 5.76 Å². The van der Waals surface area contributed by atoms with Gasteiger partial charge in [0.2, 0.25) is 11.9 Å². The van der Waals surface area contributed by atoms with Gasteiger partial charge < -0.3 is 14.7 Å². The van der Waals surface area contributed by atoms with Gasteiger partial charge in [-0.25, -0.2) is 9.78 Å². The van der Waals surface area contributed by atoms with Crippen molar-refractivity contribution in [3.63, 3.8) is 0 Å². The van der Waals surface area contributed by atoms with Crippen molar-refractivity contribution in [3.05, 3.63) is 112 Å². The van der Waals surface area contributed by atoms with E-state index in [1.165, 1.54) is 0 Å². The van der Waals surface area contributed by atoms with Gasteiger partial charge in [-0.05, 0) is 24.0 Å². The zero-order valence-electron chi connectivity index (χ0n) is 23.3. The van der Waals surface area contributed by atoms with Gasteiger partial charge in [0.15, 0.2) is 5.82 Å². The molecule has 5 aromatic rings. The van der Waals surface area contributed by atoms with Gasteiger partial charge in [-0.15, -0.1) is 0 Å². The van der Waals surface area contributed by atoms with Crippen LogP contribution in [0.25, 0.3) is 22.6 Å². The van der Waals surface area contributed by atoms with E-state index in [1.807, 2.05) is 73.7 Å². The summed E-state index contributed by atoms with van der Waals surface area (Å²) in [5.41, 5.74) is 5.08. The molecule has 1 amide bonds. The third-order valence-corrected chi connectivity index (χ3v) is 6.45. The number of anilines is 2. The number of H-pyrrole nitrogens is 1. The lowest BCUT2D eigenvalue weighted by atomic mass is 10.0. The van der Waals surface area contributed by atoms with Gasteiger partial charge in [0, 0.05) is 30.3 Å². The molecule has 41 heavy (non-hydrogen) atoms. The second kappa shape index (κ2) is 12.4. The molecule has 5 rings (SSSR count). The van der Waals surface area contributed by atoms with Gasteiger partial charge >= 0.3 is 5.76 Å². The monoisotopic (exact) mass is 548 g/mol. The van der Waals surface area contributed by atoms with Crippen molar-refractivity contribution in [2.24, 2.45) is 5.92 Å². The van der Waals surface area contributed by atoms with E-state index in [1.54, 1.807) is 6.07 Å². The summed E-state index contributed by atoms with van der Waals surface area (Å²) in [6.45, 7) is 7.59. The molecule has 0 fully saturated rings. The fourth-order valence-electron chi connectivity index (χ4n) is 4.57. The van der Waals surface area contributed by atoms with E-state index in [4.69, 9.17) is 14.5 Å². The number of amides is 1. The normalized spacial score (nSPS) is 11.0. The van der Waals surface area contributed by atoms with Crippen LogP contribution in [0.2, 0.25) is 0 Å². The molecule has 0 bridgehead atoms. The second-order valence-electron chi connectivity index (χ2n) is 10.4. The Bertz CT molecular complexity index is 1680. The number of rotatable bonds is 10. The van der Waals surface area contributed by atoms with Crippen LogP contribution in [0.15, 0.2) is 94.2 Å². The molecule has 0 aliphatic rings. The summed E-state index contributed by atoms with van der Waals surface area (Å²) in [6, 6.07) is 27.2. The molecule has 9 nitrogen and oxygen atoms in total. The Morgan fingerprint density at radius 3 is 2.29 bits per heavy atom. The van der Waals surface area contributed by atoms with E-state index in [0.717, 1.165) is 16.7 Å². The Hall–Kier alpha value is -5.05. The zero-order valence-corrected chi connectivity index (χ0v) is 23.3. The third-order valence-electron chi connectivity index (χ3n) is 6.45. The Kier molecular flexibility index (Phi) is 8.34. The summed E-state index contributed by atoms with van der Waals surface area (Å²) in [4.78, 5) is 40.6. The number of aromatic amines is 1. The number of nitrogens with one attached hydrogen (secondary N) is 2. The average molecular weight is 549 g/mol. The minimum atomic E-state index is -0.715. The number of hydrogen-bond donors (Lipinski definition) is 2. The second-order valence-corrected chi connectivity index (χ2v) is 10.4. The van der Waals surface area contributed by atoms with Crippen molar-refractivity contribution in [2.75, 3.05) is 16.8 Å². The van der Waals surface area contributed by atoms with Crippen LogP contribution in [0.5, 0.6) is 0 Å². The first kappa shape index (κ1) is 27.5. The SMILES string of the molecule is Cc1ccc(CC(=O)Nc2cc(-c3ccccc3-c3nc(=O)o[nH]3)nc(N(Cc3ccccc3)CC(C)C)n2)cc1. The number of hydrogen-bond acceptors (Lipinski definition) is 7. The largest absolute Gasteiger partial charge is 0.460 e. The molecule has 0 radical (unpaired) electrons. The van der Waals surface area contributed by atoms with Crippen LogP contribution < -0.4 is 16.0 Å². The quantitative estimate of drug-likeness (QED) is 0.232. The number of carbonyl (C=O) groups is 1. The fraction of sp³-hybridized carbons (Fsp3) is 0.219. The lowest BCUT2D eigenvalue weighted by Gasteiger charge is -2.26. The van der Waals surface area contributed by atoms with Crippen LogP contribution in [-0.4, -0.2) is 32.6 Å². The lowest BCUT2D eigenvalue weighted by Crippen LogP contribution is -2.29. The van der Waals surface area contributed by atoms with Crippen molar-refractivity contribution in [1.29, 1.82) is 0 Å². The molecule has 0 saturated heterocycles. The van der Waals surface area contributed by atoms with E-state index in [2.05, 4.69) is 46.3 Å².